The second-order valence-corrected chi connectivity index (χ2v) is 8.48. The standard InChI is InChI=1S/C22H18ClF3N4S.CH4O/c1-28-20(27)18-7-6-17(11-19(18)23)31-30-9-8-14-10-15(12-29-21(14)30)13-2-4-16(5-3-13)22(24,25)26;1-2/h2-7,10-12H,8-9H2,1H3,(H2,27,28);2H,1H3. The van der Waals surface area contributed by atoms with Crippen molar-refractivity contribution in [1.29, 1.82) is 0 Å². The van der Waals surface area contributed by atoms with Gasteiger partial charge in [-0.05, 0) is 65.9 Å². The first-order chi connectivity index (χ1) is 15.8. The Balaban J connectivity index is 0.00000149. The van der Waals surface area contributed by atoms with Crippen molar-refractivity contribution >= 4 is 35.2 Å². The van der Waals surface area contributed by atoms with Gasteiger partial charge in [0.1, 0.15) is 11.7 Å². The van der Waals surface area contributed by atoms with Gasteiger partial charge in [-0.1, -0.05) is 23.7 Å². The summed E-state index contributed by atoms with van der Waals surface area (Å²) in [6.45, 7) is 0.765. The van der Waals surface area contributed by atoms with E-state index in [1.54, 1.807) is 13.2 Å². The third-order valence-corrected chi connectivity index (χ3v) is 6.34. The van der Waals surface area contributed by atoms with Gasteiger partial charge in [0.15, 0.2) is 0 Å². The lowest BCUT2D eigenvalue weighted by Crippen LogP contribution is -2.14. The van der Waals surface area contributed by atoms with Crippen molar-refractivity contribution in [1.82, 2.24) is 4.98 Å². The van der Waals surface area contributed by atoms with Crippen LogP contribution in [0.5, 0.6) is 0 Å². The zero-order valence-corrected chi connectivity index (χ0v) is 19.5. The van der Waals surface area contributed by atoms with Crippen LogP contribution in [0.15, 0.2) is 64.6 Å². The number of hydrogen-bond donors (Lipinski definition) is 2. The third kappa shape index (κ3) is 5.61. The minimum Gasteiger partial charge on any atom is -0.400 e. The Morgan fingerprint density at radius 3 is 2.42 bits per heavy atom. The second-order valence-electron chi connectivity index (χ2n) is 6.98. The van der Waals surface area contributed by atoms with Gasteiger partial charge in [0.25, 0.3) is 0 Å². The van der Waals surface area contributed by atoms with Crippen LogP contribution in [0.4, 0.5) is 19.0 Å². The number of nitrogens with two attached hydrogens (primary N) is 1. The Morgan fingerprint density at radius 1 is 1.12 bits per heavy atom. The number of amidine groups is 1. The lowest BCUT2D eigenvalue weighted by molar-refractivity contribution is -0.137. The van der Waals surface area contributed by atoms with Crippen molar-refractivity contribution < 1.29 is 18.3 Å². The number of anilines is 1. The van der Waals surface area contributed by atoms with E-state index in [1.165, 1.54) is 24.1 Å². The first-order valence-electron chi connectivity index (χ1n) is 9.85. The molecule has 174 valence electrons. The summed E-state index contributed by atoms with van der Waals surface area (Å²) in [6.07, 6.45) is -1.86. The molecule has 4 rings (SSSR count). The van der Waals surface area contributed by atoms with Gasteiger partial charge in [-0.3, -0.25) is 9.30 Å². The van der Waals surface area contributed by atoms with Crippen molar-refractivity contribution in [3.63, 3.8) is 0 Å². The lowest BCUT2D eigenvalue weighted by Gasteiger charge is -2.17. The molecule has 0 radical (unpaired) electrons. The van der Waals surface area contributed by atoms with Gasteiger partial charge in [0.05, 0.1) is 10.6 Å². The first kappa shape index (κ1) is 24.9. The van der Waals surface area contributed by atoms with Gasteiger partial charge < -0.3 is 10.8 Å². The number of aliphatic imine (C=N–C) groups is 1. The molecule has 1 aliphatic heterocycles. The molecule has 33 heavy (non-hydrogen) atoms. The van der Waals surface area contributed by atoms with Crippen molar-refractivity contribution in [2.24, 2.45) is 10.7 Å². The van der Waals surface area contributed by atoms with Gasteiger partial charge in [-0.2, -0.15) is 13.2 Å². The Hall–Kier alpha value is -2.75. The maximum absolute atomic E-state index is 12.8. The highest BCUT2D eigenvalue weighted by atomic mass is 35.5. The Kier molecular flexibility index (Phi) is 7.88. The lowest BCUT2D eigenvalue weighted by atomic mass is 10.0. The van der Waals surface area contributed by atoms with E-state index in [9.17, 15) is 13.2 Å². The fourth-order valence-corrected chi connectivity index (χ4v) is 4.68. The molecular weight excluding hydrogens is 473 g/mol. The van der Waals surface area contributed by atoms with Crippen LogP contribution >= 0.6 is 23.5 Å². The summed E-state index contributed by atoms with van der Waals surface area (Å²) < 4.78 is 40.4. The van der Waals surface area contributed by atoms with Crippen molar-refractivity contribution in [3.05, 3.63) is 76.4 Å². The molecule has 0 aliphatic carbocycles. The molecule has 0 amide bonds. The normalized spacial score (nSPS) is 13.4. The maximum atomic E-state index is 12.8. The zero-order chi connectivity index (χ0) is 24.2. The minimum absolute atomic E-state index is 0.380. The van der Waals surface area contributed by atoms with E-state index in [1.807, 2.05) is 24.3 Å². The number of fused-ring (bicyclic) bond motifs is 1. The summed E-state index contributed by atoms with van der Waals surface area (Å²) in [5, 5.41) is 7.53. The fraction of sp³-hybridized carbons (Fsp3) is 0.217. The Bertz CT molecular complexity index is 1150. The predicted octanol–water partition coefficient (Wildman–Crippen LogP) is 5.43. The molecule has 0 bridgehead atoms. The molecule has 3 N–H and O–H groups in total. The molecule has 0 saturated heterocycles. The molecule has 5 nitrogen and oxygen atoms in total. The van der Waals surface area contributed by atoms with E-state index >= 15 is 0 Å². The van der Waals surface area contributed by atoms with Crippen LogP contribution in [0.25, 0.3) is 11.1 Å². The molecule has 10 heteroatoms. The largest absolute Gasteiger partial charge is 0.416 e. The number of aliphatic hydroxyl groups excluding tert-OH is 1. The molecular formula is C23H22ClF3N4OS. The van der Waals surface area contributed by atoms with Gasteiger partial charge >= 0.3 is 6.18 Å². The third-order valence-electron chi connectivity index (χ3n) is 4.98. The fourth-order valence-electron chi connectivity index (χ4n) is 3.35. The molecule has 2 heterocycles. The summed E-state index contributed by atoms with van der Waals surface area (Å²) in [5.74, 6) is 1.22. The molecule has 0 unspecified atom stereocenters. The van der Waals surface area contributed by atoms with E-state index in [4.69, 9.17) is 22.4 Å². The monoisotopic (exact) mass is 494 g/mol. The quantitative estimate of drug-likeness (QED) is 0.287. The summed E-state index contributed by atoms with van der Waals surface area (Å²) in [5.41, 5.74) is 8.42. The van der Waals surface area contributed by atoms with E-state index in [2.05, 4.69) is 14.3 Å². The van der Waals surface area contributed by atoms with E-state index in [0.29, 0.717) is 22.0 Å². The van der Waals surface area contributed by atoms with E-state index < -0.39 is 11.7 Å². The highest BCUT2D eigenvalue weighted by Crippen LogP contribution is 2.38. The minimum atomic E-state index is -4.34. The van der Waals surface area contributed by atoms with E-state index in [0.717, 1.165) is 54.0 Å². The summed E-state index contributed by atoms with van der Waals surface area (Å²) in [6, 6.07) is 12.7. The number of halogens is 4. The Labute approximate surface area is 199 Å². The molecule has 0 saturated carbocycles. The average Bonchev–Trinajstić information content (AvgIpc) is 3.21. The second kappa shape index (κ2) is 10.5. The summed E-state index contributed by atoms with van der Waals surface area (Å²) in [4.78, 5) is 9.48. The topological polar surface area (TPSA) is 74.7 Å². The number of aliphatic hydroxyl groups is 1. The van der Waals surface area contributed by atoms with Crippen LogP contribution in [0.1, 0.15) is 16.7 Å². The highest BCUT2D eigenvalue weighted by Gasteiger charge is 2.30. The van der Waals surface area contributed by atoms with Gasteiger partial charge in [-0.15, -0.1) is 0 Å². The molecule has 2 aromatic carbocycles. The number of nitrogens with zero attached hydrogens (tertiary/aromatic N) is 3. The molecule has 0 atom stereocenters. The molecule has 3 aromatic rings. The van der Waals surface area contributed by atoms with Crippen molar-refractivity contribution in [2.45, 2.75) is 17.5 Å². The molecule has 0 spiro atoms. The highest BCUT2D eigenvalue weighted by molar-refractivity contribution is 8.00. The number of pyridine rings is 1. The van der Waals surface area contributed by atoms with Crippen LogP contribution in [0.3, 0.4) is 0 Å². The van der Waals surface area contributed by atoms with Crippen LogP contribution in [-0.4, -0.2) is 36.6 Å². The van der Waals surface area contributed by atoms with Gasteiger partial charge in [0.2, 0.25) is 0 Å². The average molecular weight is 495 g/mol. The number of rotatable bonds is 4. The molecule has 0 fully saturated rings. The zero-order valence-electron chi connectivity index (χ0n) is 17.9. The first-order valence-corrected chi connectivity index (χ1v) is 11.0. The van der Waals surface area contributed by atoms with Crippen LogP contribution < -0.4 is 10.0 Å². The SMILES string of the molecule is CN=C(N)c1ccc(SN2CCc3cc(-c4ccc(C(F)(F)F)cc4)cnc32)cc1Cl.CO. The number of hydrogen-bond acceptors (Lipinski definition) is 5. The van der Waals surface area contributed by atoms with Gasteiger partial charge in [-0.25, -0.2) is 4.98 Å². The van der Waals surface area contributed by atoms with Crippen LogP contribution in [0.2, 0.25) is 5.02 Å². The van der Waals surface area contributed by atoms with Crippen LogP contribution in [0, 0.1) is 0 Å². The summed E-state index contributed by atoms with van der Waals surface area (Å²) >= 11 is 7.86. The van der Waals surface area contributed by atoms with Gasteiger partial charge in [0, 0.05) is 42.9 Å². The number of aromatic nitrogens is 1. The number of alkyl halides is 3. The molecule has 1 aromatic heterocycles. The van der Waals surface area contributed by atoms with Crippen molar-refractivity contribution in [2.75, 3.05) is 25.0 Å². The van der Waals surface area contributed by atoms with E-state index in [-0.39, 0.29) is 0 Å². The maximum Gasteiger partial charge on any atom is 0.416 e. The summed E-state index contributed by atoms with van der Waals surface area (Å²) in [7, 11) is 2.61. The Morgan fingerprint density at radius 2 is 1.82 bits per heavy atom. The van der Waals surface area contributed by atoms with Crippen molar-refractivity contribution in [3.8, 4) is 11.1 Å². The smallest absolute Gasteiger partial charge is 0.400 e. The predicted molar refractivity (Wildman–Crippen MR) is 128 cm³/mol. The molecule has 1 aliphatic rings. The van der Waals surface area contributed by atoms with Crippen LogP contribution in [-0.2, 0) is 12.6 Å². The number of benzene rings is 2.